The van der Waals surface area contributed by atoms with Crippen LogP contribution in [0.4, 0.5) is 4.79 Å². The quantitative estimate of drug-likeness (QED) is 0.751. The van der Waals surface area contributed by atoms with Crippen LogP contribution in [0.2, 0.25) is 0 Å². The highest BCUT2D eigenvalue weighted by Crippen LogP contribution is 2.04. The average Bonchev–Trinajstić information content (AvgIpc) is 2.42. The third-order valence-corrected chi connectivity index (χ3v) is 2.69. The molecule has 0 fully saturated rings. The number of rotatable bonds is 5. The van der Waals surface area contributed by atoms with Crippen molar-refractivity contribution in [2.75, 3.05) is 7.05 Å². The second kappa shape index (κ2) is 7.41. The molecule has 1 rings (SSSR count). The lowest BCUT2D eigenvalue weighted by molar-refractivity contribution is -0.124. The molecule has 3 N–H and O–H groups in total. The summed E-state index contributed by atoms with van der Waals surface area (Å²) in [5.41, 5.74) is 2.06. The Kier molecular flexibility index (Phi) is 5.85. The molecular weight excluding hydrogens is 242 g/mol. The second-order valence-electron chi connectivity index (χ2n) is 4.62. The van der Waals surface area contributed by atoms with E-state index in [4.69, 9.17) is 0 Å². The highest BCUT2D eigenvalue weighted by molar-refractivity contribution is 5.77. The van der Waals surface area contributed by atoms with Crippen LogP contribution >= 0.6 is 0 Å². The van der Waals surface area contributed by atoms with Crippen molar-refractivity contribution >= 4 is 11.9 Å². The van der Waals surface area contributed by atoms with E-state index < -0.39 is 0 Å². The van der Waals surface area contributed by atoms with Gasteiger partial charge >= 0.3 is 6.03 Å². The predicted molar refractivity (Wildman–Crippen MR) is 74.4 cm³/mol. The van der Waals surface area contributed by atoms with Crippen LogP contribution < -0.4 is 16.0 Å². The third kappa shape index (κ3) is 5.42. The zero-order chi connectivity index (χ0) is 14.3. The lowest BCUT2D eigenvalue weighted by Crippen LogP contribution is -2.32. The van der Waals surface area contributed by atoms with E-state index in [0.29, 0.717) is 13.1 Å². The maximum absolute atomic E-state index is 11.4. The third-order valence-electron chi connectivity index (χ3n) is 2.69. The molecule has 0 unspecified atom stereocenters. The molecule has 3 amide bonds. The Morgan fingerprint density at radius 2 is 1.47 bits per heavy atom. The summed E-state index contributed by atoms with van der Waals surface area (Å²) >= 11 is 0. The lowest BCUT2D eigenvalue weighted by atomic mass is 10.1. The molecule has 0 radical (unpaired) electrons. The van der Waals surface area contributed by atoms with Gasteiger partial charge in [-0.25, -0.2) is 4.79 Å². The fourth-order valence-corrected chi connectivity index (χ4v) is 1.44. The van der Waals surface area contributed by atoms with E-state index in [1.165, 1.54) is 0 Å². The summed E-state index contributed by atoms with van der Waals surface area (Å²) in [6.07, 6.45) is 0. The zero-order valence-electron chi connectivity index (χ0n) is 11.6. The average molecular weight is 263 g/mol. The molecule has 0 aliphatic rings. The van der Waals surface area contributed by atoms with Gasteiger partial charge in [-0.05, 0) is 11.1 Å². The molecule has 0 saturated heterocycles. The number of carbonyl (C=O) groups is 2. The van der Waals surface area contributed by atoms with Crippen LogP contribution in [-0.4, -0.2) is 19.0 Å². The van der Waals surface area contributed by atoms with Crippen molar-refractivity contribution in [1.82, 2.24) is 16.0 Å². The molecule has 1 aromatic carbocycles. The Bertz CT molecular complexity index is 427. The van der Waals surface area contributed by atoms with E-state index in [1.54, 1.807) is 7.05 Å². The Hall–Kier alpha value is -2.04. The fourth-order valence-electron chi connectivity index (χ4n) is 1.44. The highest BCUT2D eigenvalue weighted by Gasteiger charge is 2.05. The topological polar surface area (TPSA) is 70.2 Å². The van der Waals surface area contributed by atoms with Gasteiger partial charge < -0.3 is 16.0 Å². The number of carbonyl (C=O) groups excluding carboxylic acids is 2. The maximum atomic E-state index is 11.4. The lowest BCUT2D eigenvalue weighted by Gasteiger charge is -2.09. The number of hydrogen-bond donors (Lipinski definition) is 3. The largest absolute Gasteiger partial charge is 0.352 e. The van der Waals surface area contributed by atoms with Crippen molar-refractivity contribution in [2.45, 2.75) is 26.9 Å². The summed E-state index contributed by atoms with van der Waals surface area (Å²) in [5, 5.41) is 8.06. The van der Waals surface area contributed by atoms with Crippen LogP contribution in [0.25, 0.3) is 0 Å². The first kappa shape index (κ1) is 15.0. The van der Waals surface area contributed by atoms with Gasteiger partial charge in [0, 0.05) is 26.1 Å². The Balaban J connectivity index is 2.43. The molecule has 1 aromatic rings. The van der Waals surface area contributed by atoms with Crippen molar-refractivity contribution in [3.05, 3.63) is 35.4 Å². The Morgan fingerprint density at radius 3 is 1.89 bits per heavy atom. The van der Waals surface area contributed by atoms with Crippen LogP contribution in [0, 0.1) is 5.92 Å². The Labute approximate surface area is 113 Å². The molecule has 0 heterocycles. The smallest absolute Gasteiger partial charge is 0.314 e. The minimum atomic E-state index is -0.201. The molecule has 104 valence electrons. The number of urea groups is 1. The van der Waals surface area contributed by atoms with Gasteiger partial charge in [0.25, 0.3) is 0 Å². The molecule has 0 saturated carbocycles. The fraction of sp³-hybridized carbons (Fsp3) is 0.429. The van der Waals surface area contributed by atoms with Gasteiger partial charge in [-0.2, -0.15) is 0 Å². The minimum Gasteiger partial charge on any atom is -0.352 e. The van der Waals surface area contributed by atoms with Crippen molar-refractivity contribution in [1.29, 1.82) is 0 Å². The molecule has 5 nitrogen and oxygen atoms in total. The van der Waals surface area contributed by atoms with Gasteiger partial charge in [0.1, 0.15) is 0 Å². The number of amides is 3. The van der Waals surface area contributed by atoms with Gasteiger partial charge in [-0.3, -0.25) is 4.79 Å². The van der Waals surface area contributed by atoms with E-state index >= 15 is 0 Å². The SMILES string of the molecule is CNC(=O)NCc1ccc(CNC(=O)C(C)C)cc1. The molecule has 0 aromatic heterocycles. The van der Waals surface area contributed by atoms with Crippen molar-refractivity contribution in [2.24, 2.45) is 5.92 Å². The van der Waals surface area contributed by atoms with E-state index in [9.17, 15) is 9.59 Å². The first-order chi connectivity index (χ1) is 9.02. The van der Waals surface area contributed by atoms with E-state index in [0.717, 1.165) is 11.1 Å². The minimum absolute atomic E-state index is 0.00368. The molecular formula is C14H21N3O2. The highest BCUT2D eigenvalue weighted by atomic mass is 16.2. The van der Waals surface area contributed by atoms with Crippen molar-refractivity contribution in [3.63, 3.8) is 0 Å². The van der Waals surface area contributed by atoms with Crippen LogP contribution in [-0.2, 0) is 17.9 Å². The van der Waals surface area contributed by atoms with Gasteiger partial charge in [-0.1, -0.05) is 38.1 Å². The number of hydrogen-bond acceptors (Lipinski definition) is 2. The van der Waals surface area contributed by atoms with Crippen LogP contribution in [0.15, 0.2) is 24.3 Å². The summed E-state index contributed by atoms with van der Waals surface area (Å²) < 4.78 is 0. The van der Waals surface area contributed by atoms with Gasteiger partial charge in [-0.15, -0.1) is 0 Å². The molecule has 19 heavy (non-hydrogen) atoms. The summed E-state index contributed by atoms with van der Waals surface area (Å²) in [7, 11) is 1.58. The predicted octanol–water partition coefficient (Wildman–Crippen LogP) is 1.39. The van der Waals surface area contributed by atoms with E-state index in [-0.39, 0.29) is 17.9 Å². The number of nitrogens with one attached hydrogen (secondary N) is 3. The van der Waals surface area contributed by atoms with Crippen LogP contribution in [0.5, 0.6) is 0 Å². The van der Waals surface area contributed by atoms with E-state index in [2.05, 4.69) is 16.0 Å². The first-order valence-electron chi connectivity index (χ1n) is 6.34. The van der Waals surface area contributed by atoms with Crippen LogP contribution in [0.3, 0.4) is 0 Å². The molecule has 5 heteroatoms. The summed E-state index contributed by atoms with van der Waals surface area (Å²) in [4.78, 5) is 22.5. The van der Waals surface area contributed by atoms with Gasteiger partial charge in [0.2, 0.25) is 5.91 Å². The monoisotopic (exact) mass is 263 g/mol. The summed E-state index contributed by atoms with van der Waals surface area (Å²) in [5.74, 6) is 0.0430. The summed E-state index contributed by atoms with van der Waals surface area (Å²) in [6.45, 7) is 4.74. The normalized spacial score (nSPS) is 10.1. The number of benzene rings is 1. The standard InChI is InChI=1S/C14H21N3O2/c1-10(2)13(18)16-8-11-4-6-12(7-5-11)9-17-14(19)15-3/h4-7,10H,8-9H2,1-3H3,(H,16,18)(H2,15,17,19). The van der Waals surface area contributed by atoms with E-state index in [1.807, 2.05) is 38.1 Å². The Morgan fingerprint density at radius 1 is 1.00 bits per heavy atom. The second-order valence-corrected chi connectivity index (χ2v) is 4.62. The maximum Gasteiger partial charge on any atom is 0.314 e. The first-order valence-corrected chi connectivity index (χ1v) is 6.34. The zero-order valence-corrected chi connectivity index (χ0v) is 11.6. The molecule has 0 atom stereocenters. The molecule has 0 spiro atoms. The molecule has 0 bridgehead atoms. The molecule has 0 aliphatic carbocycles. The van der Waals surface area contributed by atoms with Crippen molar-refractivity contribution < 1.29 is 9.59 Å². The summed E-state index contributed by atoms with van der Waals surface area (Å²) in [6, 6.07) is 7.57. The van der Waals surface area contributed by atoms with Gasteiger partial charge in [0.15, 0.2) is 0 Å². The van der Waals surface area contributed by atoms with Crippen molar-refractivity contribution in [3.8, 4) is 0 Å². The van der Waals surface area contributed by atoms with Crippen LogP contribution in [0.1, 0.15) is 25.0 Å². The molecule has 0 aliphatic heterocycles. The van der Waals surface area contributed by atoms with Gasteiger partial charge in [0.05, 0.1) is 0 Å².